The van der Waals surface area contributed by atoms with Gasteiger partial charge in [0.05, 0.1) is 88.1 Å². The van der Waals surface area contributed by atoms with E-state index in [-0.39, 0.29) is 126 Å². The number of amides is 3. The molecule has 0 saturated carbocycles. The van der Waals surface area contributed by atoms with E-state index in [4.69, 9.17) is 38.2 Å². The Morgan fingerprint density at radius 2 is 0.876 bits per heavy atom. The van der Waals surface area contributed by atoms with Crippen LogP contribution in [0.3, 0.4) is 0 Å². The number of anilines is 3. The second-order valence-electron chi connectivity index (χ2n) is 33.0. The van der Waals surface area contributed by atoms with E-state index in [2.05, 4.69) is 74.5 Å². The van der Waals surface area contributed by atoms with Gasteiger partial charge < -0.3 is 34.0 Å². The number of nitrogens with zero attached hydrogens (tertiary/aromatic N) is 21. The first-order chi connectivity index (χ1) is 61.7. The van der Waals surface area contributed by atoms with Crippen LogP contribution in [0.25, 0.3) is 105 Å². The van der Waals surface area contributed by atoms with Gasteiger partial charge in [-0.15, -0.1) is 11.3 Å². The Morgan fingerprint density at radius 1 is 0.481 bits per heavy atom. The van der Waals surface area contributed by atoms with Gasteiger partial charge in [-0.2, -0.15) is 20.2 Å². The Balaban J connectivity index is 0.000000149. The first kappa shape index (κ1) is 90.0. The number of thiazole rings is 1. The normalized spacial score (nSPS) is 15.4. The summed E-state index contributed by atoms with van der Waals surface area (Å²) in [6, 6.07) is 27.9. The van der Waals surface area contributed by atoms with Crippen molar-refractivity contribution in [2.75, 3.05) is 73.6 Å². The van der Waals surface area contributed by atoms with Crippen molar-refractivity contribution in [3.05, 3.63) is 257 Å². The van der Waals surface area contributed by atoms with E-state index in [1.807, 2.05) is 94.7 Å². The van der Waals surface area contributed by atoms with Crippen molar-refractivity contribution in [2.45, 2.75) is 119 Å². The number of hydrogen-bond donors (Lipinski definition) is 0. The van der Waals surface area contributed by atoms with Crippen LogP contribution in [0, 0.1) is 55.4 Å². The molecule has 0 spiro atoms. The smallest absolute Gasteiger partial charge is 0.350 e. The largest absolute Gasteiger partial charge is 0.355 e. The maximum absolute atomic E-state index is 15.8. The lowest BCUT2D eigenvalue weighted by Crippen LogP contribution is -2.54. The number of aryl methyl sites for hydroxylation is 4. The minimum atomic E-state index is -0.785. The quantitative estimate of drug-likeness (QED) is 0.0680. The molecule has 4 aromatic carbocycles. The molecular formula is C95H91Cl2F4N21O6S. The van der Waals surface area contributed by atoms with Gasteiger partial charge in [0, 0.05) is 112 Å². The van der Waals surface area contributed by atoms with Crippen LogP contribution in [0.2, 0.25) is 10.0 Å². The maximum Gasteiger partial charge on any atom is 0.355 e. The highest BCUT2D eigenvalue weighted by Crippen LogP contribution is 2.43. The van der Waals surface area contributed by atoms with Crippen LogP contribution in [0.1, 0.15) is 119 Å². The van der Waals surface area contributed by atoms with Gasteiger partial charge in [0.1, 0.15) is 63.7 Å². The summed E-state index contributed by atoms with van der Waals surface area (Å²) in [4.78, 5) is 137. The first-order valence-electron chi connectivity index (χ1n) is 42.0. The molecule has 3 fully saturated rings. The number of aromatic nitrogens is 14. The van der Waals surface area contributed by atoms with E-state index in [1.54, 1.807) is 105 Å². The summed E-state index contributed by atoms with van der Waals surface area (Å²) < 4.78 is 67.9. The third-order valence-electron chi connectivity index (χ3n) is 23.6. The molecular weight excluding hydrogens is 1710 g/mol. The number of rotatable bonds is 15. The lowest BCUT2D eigenvalue weighted by molar-refractivity contribution is -0.127. The number of halogens is 6. The third-order valence-corrected chi connectivity index (χ3v) is 25.0. The van der Waals surface area contributed by atoms with Gasteiger partial charge in [-0.05, 0) is 155 Å². The Hall–Kier alpha value is -13.8. The molecule has 3 atom stereocenters. The number of carbonyl (C=O) groups is 3. The SMILES string of the molecule is C=CC(=O)N1CCN(c2nc(=O)n(-c3c(C(C)C)cc4scnc4c3C)c3nc(-c4ccccc4F)c(Cl)cc23)[C@@H](C)C1.C=CC(=O)N1CCN(c2nc(=O)n(-c3c(C(C)C)nc4c(ncn4C)c3C)c3nc(-c4ccccc4F)c(Cl)cc23)[C@@H](C)C1.C=CC(=O)N1CCN(c2nc(=O)n(-c3c(C)cc(C#N)nc3C(C)C)c3nc(-c4ccccc4F)c(F)cc23)[C@@H](C)C1. The first-order valence-corrected chi connectivity index (χ1v) is 43.6. The molecule has 0 unspecified atom stereocenters. The summed E-state index contributed by atoms with van der Waals surface area (Å²) in [5.74, 6) is -2.10. The van der Waals surface area contributed by atoms with E-state index < -0.39 is 40.3 Å². The second kappa shape index (κ2) is 36.5. The second-order valence-corrected chi connectivity index (χ2v) is 34.7. The van der Waals surface area contributed by atoms with Gasteiger partial charge in [-0.1, -0.05) is 121 Å². The molecule has 660 valence electrons. The van der Waals surface area contributed by atoms with Gasteiger partial charge in [-0.3, -0.25) is 14.4 Å². The van der Waals surface area contributed by atoms with Crippen molar-refractivity contribution < 1.29 is 31.9 Å². The molecule has 34 heteroatoms. The number of benzene rings is 4. The molecule has 13 heterocycles. The lowest BCUT2D eigenvalue weighted by atomic mass is 9.97. The van der Waals surface area contributed by atoms with Crippen molar-refractivity contribution in [3.63, 3.8) is 0 Å². The number of imidazole rings is 1. The van der Waals surface area contributed by atoms with Crippen LogP contribution in [-0.4, -0.2) is 178 Å². The van der Waals surface area contributed by atoms with Crippen molar-refractivity contribution in [3.8, 4) is 56.9 Å². The van der Waals surface area contributed by atoms with Crippen molar-refractivity contribution in [1.29, 1.82) is 5.26 Å². The van der Waals surface area contributed by atoms with Gasteiger partial charge in [0.25, 0.3) is 0 Å². The van der Waals surface area contributed by atoms with E-state index in [1.165, 1.54) is 68.3 Å². The Morgan fingerprint density at radius 3 is 1.29 bits per heavy atom. The zero-order valence-corrected chi connectivity index (χ0v) is 75.5. The van der Waals surface area contributed by atoms with E-state index in [9.17, 15) is 38.4 Å². The minimum Gasteiger partial charge on any atom is -0.350 e. The van der Waals surface area contributed by atoms with Gasteiger partial charge in [-0.25, -0.2) is 80.5 Å². The molecule has 3 aliphatic rings. The number of fused-ring (bicyclic) bond motifs is 5. The summed E-state index contributed by atoms with van der Waals surface area (Å²) >= 11 is 15.2. The fraction of sp³-hybridized carbons (Fsp3) is 0.295. The predicted molar refractivity (Wildman–Crippen MR) is 497 cm³/mol. The summed E-state index contributed by atoms with van der Waals surface area (Å²) in [5.41, 5.74) is 9.34. The molecule has 17 rings (SSSR count). The molecule has 0 radical (unpaired) electrons. The highest BCUT2D eigenvalue weighted by atomic mass is 35.5. The standard InChI is InChI=1S/C32H32ClFN8O2.C32H30ClFN6O2S.C31H29F2N7O2/c1-7-24(43)40-12-13-41(18(4)15-40)29-21-14-22(33)27(20-10-8-9-11-23(20)34)37-30(21)42(32(44)38-29)28-19(5)26-31(39(6)16-35-26)36-25(28)17(2)3;1-6-26(41)38-11-12-39(18(4)15-38)30-22-13-23(33)28(20-9-7-8-10-24(20)34)36-31(22)40(32(42)37-30)29-19(5)27-25(43-16-35-27)14-21(29)17(2)3;1-6-25(41)38-11-12-39(19(5)16-38)29-22-14-24(33)27(21-9-7-8-10-23(21)32)36-30(22)40(31(42)37-29)28-18(4)13-20(15-34)35-26(28)17(2)3/h7-11,14,16-18H,1,12-13,15H2,2-6H3;6-10,13-14,16-18H,1,11-12,15H2,2-5H3;6-10,13-14,17,19H,1,11-12,16H2,2-5H3/t2*18-;19-/m000/s1. The van der Waals surface area contributed by atoms with E-state index >= 15 is 13.2 Å². The zero-order chi connectivity index (χ0) is 92.3. The van der Waals surface area contributed by atoms with Gasteiger partial charge >= 0.3 is 17.1 Å². The fourth-order valence-electron chi connectivity index (χ4n) is 17.2. The molecule has 3 aliphatic heterocycles. The molecule has 27 nitrogen and oxygen atoms in total. The van der Waals surface area contributed by atoms with E-state index in [0.717, 1.165) is 26.9 Å². The lowest BCUT2D eigenvalue weighted by Gasteiger charge is -2.40. The average molecular weight is 1800 g/mol. The minimum absolute atomic E-state index is 0.0575. The van der Waals surface area contributed by atoms with Gasteiger partial charge in [0.15, 0.2) is 22.6 Å². The average Bonchev–Trinajstić information content (AvgIpc) is 1.28. The molecule has 10 aromatic heterocycles. The van der Waals surface area contributed by atoms with Crippen molar-refractivity contribution >= 4 is 124 Å². The van der Waals surface area contributed by atoms with Crippen LogP contribution >= 0.6 is 34.5 Å². The number of pyridine rings is 5. The molecule has 3 saturated heterocycles. The molecule has 0 N–H and O–H groups in total. The van der Waals surface area contributed by atoms with Crippen LogP contribution in [-0.2, 0) is 21.4 Å². The summed E-state index contributed by atoms with van der Waals surface area (Å²) in [5, 5.41) is 11.3. The summed E-state index contributed by atoms with van der Waals surface area (Å²) in [6.45, 7) is 37.7. The van der Waals surface area contributed by atoms with Crippen LogP contribution in [0.4, 0.5) is 35.0 Å². The number of nitriles is 1. The molecule has 129 heavy (non-hydrogen) atoms. The fourth-order valence-corrected chi connectivity index (χ4v) is 18.5. The highest BCUT2D eigenvalue weighted by molar-refractivity contribution is 7.16. The number of carbonyl (C=O) groups excluding carboxylic acids is 3. The van der Waals surface area contributed by atoms with Gasteiger partial charge in [0.2, 0.25) is 17.7 Å². The molecule has 14 aromatic rings. The zero-order valence-electron chi connectivity index (χ0n) is 73.2. The van der Waals surface area contributed by atoms with Crippen LogP contribution < -0.4 is 31.8 Å². The number of piperazine rings is 3. The van der Waals surface area contributed by atoms with Crippen molar-refractivity contribution in [1.82, 2.24) is 82.8 Å². The van der Waals surface area contributed by atoms with Crippen molar-refractivity contribution in [2.24, 2.45) is 7.05 Å². The highest BCUT2D eigenvalue weighted by Gasteiger charge is 2.37. The monoisotopic (exact) mass is 1800 g/mol. The molecule has 0 aliphatic carbocycles. The van der Waals surface area contributed by atoms with E-state index in [0.29, 0.717) is 132 Å². The van der Waals surface area contributed by atoms with Crippen LogP contribution in [0.5, 0.6) is 0 Å². The molecule has 0 bridgehead atoms. The third kappa shape index (κ3) is 16.7. The van der Waals surface area contributed by atoms with Crippen LogP contribution in [0.15, 0.2) is 167 Å². The summed E-state index contributed by atoms with van der Waals surface area (Å²) in [7, 11) is 1.87. The maximum atomic E-state index is 15.8. The predicted octanol–water partition coefficient (Wildman–Crippen LogP) is 16.3. The summed E-state index contributed by atoms with van der Waals surface area (Å²) in [6.07, 6.45) is 5.54. The topological polar surface area (TPSA) is 294 Å². The molecule has 3 amide bonds. The Bertz CT molecular complexity index is 7210. The Kier molecular flexibility index (Phi) is 25.5. The number of hydrogen-bond acceptors (Lipinski definition) is 21. The Labute approximate surface area is 753 Å².